The Kier molecular flexibility index (Phi) is 6.00. The summed E-state index contributed by atoms with van der Waals surface area (Å²) in [6.07, 6.45) is 2.59. The molecule has 0 saturated carbocycles. The molecule has 3 rings (SSSR count). The van der Waals surface area contributed by atoms with E-state index in [4.69, 9.17) is 4.74 Å². The van der Waals surface area contributed by atoms with Gasteiger partial charge in [-0.25, -0.2) is 12.8 Å². The third-order valence-corrected chi connectivity index (χ3v) is 6.89. The van der Waals surface area contributed by atoms with Crippen LogP contribution < -0.4 is 10.1 Å². The zero-order valence-electron chi connectivity index (χ0n) is 15.8. The molecule has 0 radical (unpaired) electrons. The second kappa shape index (κ2) is 8.28. The summed E-state index contributed by atoms with van der Waals surface area (Å²) in [5.74, 6) is -0.708. The Morgan fingerprint density at radius 2 is 1.89 bits per heavy atom. The molecule has 8 heteroatoms. The highest BCUT2D eigenvalue weighted by Crippen LogP contribution is 2.31. The molecular weight excluding hydrogens is 383 g/mol. The molecule has 1 heterocycles. The summed E-state index contributed by atoms with van der Waals surface area (Å²) in [5, 5.41) is 2.64. The van der Waals surface area contributed by atoms with Crippen molar-refractivity contribution < 1.29 is 22.3 Å². The summed E-state index contributed by atoms with van der Waals surface area (Å²) in [7, 11) is -2.41. The smallest absolute Gasteiger partial charge is 0.255 e. The molecule has 0 spiro atoms. The molecule has 0 bridgehead atoms. The van der Waals surface area contributed by atoms with Crippen LogP contribution in [0.3, 0.4) is 0 Å². The van der Waals surface area contributed by atoms with Gasteiger partial charge >= 0.3 is 0 Å². The minimum atomic E-state index is -3.81. The van der Waals surface area contributed by atoms with Crippen LogP contribution in [0.4, 0.5) is 10.1 Å². The maximum absolute atomic E-state index is 13.2. The van der Waals surface area contributed by atoms with Gasteiger partial charge in [-0.15, -0.1) is 0 Å². The third-order valence-electron chi connectivity index (χ3n) is 4.86. The number of sulfonamides is 1. The van der Waals surface area contributed by atoms with Crippen LogP contribution in [0.25, 0.3) is 0 Å². The summed E-state index contributed by atoms with van der Waals surface area (Å²) in [6.45, 7) is 2.33. The second-order valence-electron chi connectivity index (χ2n) is 6.79. The fourth-order valence-electron chi connectivity index (χ4n) is 3.31. The molecule has 28 heavy (non-hydrogen) atoms. The van der Waals surface area contributed by atoms with E-state index >= 15 is 0 Å². The van der Waals surface area contributed by atoms with E-state index in [9.17, 15) is 17.6 Å². The predicted molar refractivity (Wildman–Crippen MR) is 105 cm³/mol. The molecule has 2 aromatic carbocycles. The lowest BCUT2D eigenvalue weighted by Crippen LogP contribution is -2.42. The Morgan fingerprint density at radius 3 is 2.54 bits per heavy atom. The molecule has 1 aliphatic rings. The SMILES string of the molecule is COc1ccc(C(=O)Nc2ccc(F)cc2)cc1S(=O)(=O)N1CCCC[C@H]1C. The van der Waals surface area contributed by atoms with Crippen molar-refractivity contribution in [2.45, 2.75) is 37.1 Å². The van der Waals surface area contributed by atoms with Gasteiger partial charge in [0.25, 0.3) is 5.91 Å². The first-order chi connectivity index (χ1) is 13.3. The Bertz CT molecular complexity index is 961. The molecule has 0 unspecified atom stereocenters. The van der Waals surface area contributed by atoms with Gasteiger partial charge in [0, 0.05) is 23.8 Å². The normalized spacial score (nSPS) is 17.9. The lowest BCUT2D eigenvalue weighted by atomic mass is 10.1. The number of methoxy groups -OCH3 is 1. The number of hydrogen-bond acceptors (Lipinski definition) is 4. The number of hydrogen-bond donors (Lipinski definition) is 1. The molecular formula is C20H23FN2O4S. The van der Waals surface area contributed by atoms with E-state index < -0.39 is 21.7 Å². The van der Waals surface area contributed by atoms with Gasteiger partial charge in [-0.1, -0.05) is 6.42 Å². The number of rotatable bonds is 5. The number of carbonyl (C=O) groups excluding carboxylic acids is 1. The molecule has 1 N–H and O–H groups in total. The van der Waals surface area contributed by atoms with Crippen molar-refractivity contribution in [3.05, 3.63) is 53.8 Å². The van der Waals surface area contributed by atoms with Crippen LogP contribution in [-0.2, 0) is 10.0 Å². The highest BCUT2D eigenvalue weighted by atomic mass is 32.2. The van der Waals surface area contributed by atoms with E-state index in [1.165, 1.54) is 53.9 Å². The number of piperidine rings is 1. The standard InChI is InChI=1S/C20H23FN2O4S/c1-14-5-3-4-12-23(14)28(25,26)19-13-15(6-11-18(19)27-2)20(24)22-17-9-7-16(21)8-10-17/h6-11,13-14H,3-5,12H2,1-2H3,(H,22,24)/t14-/m1/s1. The topological polar surface area (TPSA) is 75.7 Å². The van der Waals surface area contributed by atoms with Crippen LogP contribution in [0.1, 0.15) is 36.5 Å². The summed E-state index contributed by atoms with van der Waals surface area (Å²) < 4.78 is 46.2. The highest BCUT2D eigenvalue weighted by molar-refractivity contribution is 7.89. The zero-order chi connectivity index (χ0) is 20.3. The van der Waals surface area contributed by atoms with Gasteiger partial charge in [0.05, 0.1) is 7.11 Å². The highest BCUT2D eigenvalue weighted by Gasteiger charge is 2.33. The largest absolute Gasteiger partial charge is 0.495 e. The van der Waals surface area contributed by atoms with Crippen molar-refractivity contribution in [2.24, 2.45) is 0 Å². The molecule has 0 aromatic heterocycles. The predicted octanol–water partition coefficient (Wildman–Crippen LogP) is 3.65. The van der Waals surface area contributed by atoms with Gasteiger partial charge in [-0.2, -0.15) is 4.31 Å². The molecule has 1 amide bonds. The minimum Gasteiger partial charge on any atom is -0.495 e. The van der Waals surface area contributed by atoms with E-state index in [0.717, 1.165) is 19.3 Å². The van der Waals surface area contributed by atoms with Crippen LogP contribution in [0.2, 0.25) is 0 Å². The Balaban J connectivity index is 1.93. The van der Waals surface area contributed by atoms with E-state index in [-0.39, 0.29) is 22.3 Å². The third kappa shape index (κ3) is 4.18. The molecule has 1 fully saturated rings. The Morgan fingerprint density at radius 1 is 1.18 bits per heavy atom. The average Bonchev–Trinajstić information content (AvgIpc) is 2.69. The monoisotopic (exact) mass is 406 g/mol. The first-order valence-electron chi connectivity index (χ1n) is 9.09. The molecule has 0 aliphatic carbocycles. The van der Waals surface area contributed by atoms with E-state index in [0.29, 0.717) is 12.2 Å². The van der Waals surface area contributed by atoms with Crippen LogP contribution in [0.5, 0.6) is 5.75 Å². The van der Waals surface area contributed by atoms with Crippen molar-refractivity contribution in [3.63, 3.8) is 0 Å². The van der Waals surface area contributed by atoms with Gasteiger partial charge in [0.1, 0.15) is 16.5 Å². The van der Waals surface area contributed by atoms with E-state index in [1.54, 1.807) is 0 Å². The van der Waals surface area contributed by atoms with Gasteiger partial charge < -0.3 is 10.1 Å². The average molecular weight is 406 g/mol. The lowest BCUT2D eigenvalue weighted by molar-refractivity contribution is 0.102. The number of nitrogens with zero attached hydrogens (tertiary/aromatic N) is 1. The number of carbonyl (C=O) groups is 1. The fourth-order valence-corrected chi connectivity index (χ4v) is 5.19. The molecule has 6 nitrogen and oxygen atoms in total. The minimum absolute atomic E-state index is 0.0319. The quantitative estimate of drug-likeness (QED) is 0.822. The lowest BCUT2D eigenvalue weighted by Gasteiger charge is -2.32. The summed E-state index contributed by atoms with van der Waals surface area (Å²) in [4.78, 5) is 12.5. The Labute approximate surface area is 164 Å². The summed E-state index contributed by atoms with van der Waals surface area (Å²) in [6, 6.07) is 9.52. The number of benzene rings is 2. The van der Waals surface area contributed by atoms with Crippen molar-refractivity contribution in [3.8, 4) is 5.75 Å². The van der Waals surface area contributed by atoms with Crippen LogP contribution in [0, 0.1) is 5.82 Å². The molecule has 1 aliphatic heterocycles. The first-order valence-corrected chi connectivity index (χ1v) is 10.5. The first kappa shape index (κ1) is 20.3. The second-order valence-corrected chi connectivity index (χ2v) is 8.65. The molecule has 2 aromatic rings. The van der Waals surface area contributed by atoms with Gasteiger partial charge in [0.2, 0.25) is 10.0 Å². The fraction of sp³-hybridized carbons (Fsp3) is 0.350. The number of nitrogens with one attached hydrogen (secondary N) is 1. The van der Waals surface area contributed by atoms with Crippen molar-refractivity contribution in [1.29, 1.82) is 0 Å². The van der Waals surface area contributed by atoms with E-state index in [1.807, 2.05) is 6.92 Å². The number of ether oxygens (including phenoxy) is 1. The van der Waals surface area contributed by atoms with Gasteiger partial charge in [-0.05, 0) is 62.2 Å². The maximum Gasteiger partial charge on any atom is 0.255 e. The molecule has 1 saturated heterocycles. The number of anilines is 1. The zero-order valence-corrected chi connectivity index (χ0v) is 16.6. The van der Waals surface area contributed by atoms with Crippen LogP contribution in [0.15, 0.2) is 47.4 Å². The van der Waals surface area contributed by atoms with Crippen molar-refractivity contribution >= 4 is 21.6 Å². The van der Waals surface area contributed by atoms with E-state index in [2.05, 4.69) is 5.32 Å². The maximum atomic E-state index is 13.2. The van der Waals surface area contributed by atoms with Gasteiger partial charge in [0.15, 0.2) is 0 Å². The van der Waals surface area contributed by atoms with Crippen LogP contribution in [-0.4, -0.2) is 38.3 Å². The van der Waals surface area contributed by atoms with Crippen molar-refractivity contribution in [2.75, 3.05) is 19.0 Å². The molecule has 1 atom stereocenters. The van der Waals surface area contributed by atoms with Gasteiger partial charge in [-0.3, -0.25) is 4.79 Å². The summed E-state index contributed by atoms with van der Waals surface area (Å²) in [5.41, 5.74) is 0.588. The Hall–Kier alpha value is -2.45. The summed E-state index contributed by atoms with van der Waals surface area (Å²) >= 11 is 0. The molecule has 150 valence electrons. The van der Waals surface area contributed by atoms with Crippen molar-refractivity contribution in [1.82, 2.24) is 4.31 Å². The van der Waals surface area contributed by atoms with Crippen LogP contribution >= 0.6 is 0 Å². The number of amides is 1. The number of halogens is 1.